The Kier molecular flexibility index (Phi) is 5.89. The molecule has 1 unspecified atom stereocenters. The maximum Gasteiger partial charge on any atom is 0.304 e. The maximum atomic E-state index is 10.3. The van der Waals surface area contributed by atoms with Crippen LogP contribution in [0.25, 0.3) is 0 Å². The third kappa shape index (κ3) is 7.66. The Hall–Kier alpha value is -0.440. The molecule has 0 aliphatic carbocycles. The monoisotopic (exact) mass is 188 g/mol. The molecule has 0 aliphatic rings. The van der Waals surface area contributed by atoms with Crippen LogP contribution in [0.1, 0.15) is 26.7 Å². The predicted octanol–water partition coefficient (Wildman–Crippen LogP) is 2.55. The van der Waals surface area contributed by atoms with E-state index in [1.165, 1.54) is 0 Å². The molecule has 0 bridgehead atoms. The van der Waals surface area contributed by atoms with Crippen molar-refractivity contribution in [3.8, 4) is 0 Å². The molecule has 0 aromatic rings. The molecule has 0 saturated carbocycles. The molecule has 0 fully saturated rings. The standard InChI is InChI=1S/C9H16O2S/c1-7(2)4-5-12-8(3)6-9(10)11/h8H,1,4-6H2,2-3H3,(H,10,11). The predicted molar refractivity (Wildman–Crippen MR) is 53.6 cm³/mol. The van der Waals surface area contributed by atoms with Crippen molar-refractivity contribution in [2.24, 2.45) is 0 Å². The van der Waals surface area contributed by atoms with Crippen LogP contribution in [0, 0.1) is 0 Å². The molecule has 0 aliphatic heterocycles. The first-order valence-electron chi connectivity index (χ1n) is 4.00. The first-order valence-corrected chi connectivity index (χ1v) is 5.05. The molecular formula is C9H16O2S. The summed E-state index contributed by atoms with van der Waals surface area (Å²) >= 11 is 1.69. The molecule has 70 valence electrons. The number of aliphatic carboxylic acids is 1. The van der Waals surface area contributed by atoms with Crippen molar-refractivity contribution in [1.29, 1.82) is 0 Å². The molecule has 0 radical (unpaired) electrons. The number of carboxylic acid groups (broad SMARTS) is 1. The first kappa shape index (κ1) is 11.6. The molecule has 3 heteroatoms. The van der Waals surface area contributed by atoms with Crippen LogP contribution in [0.15, 0.2) is 12.2 Å². The molecule has 1 atom stereocenters. The fraction of sp³-hybridized carbons (Fsp3) is 0.667. The number of hydrogen-bond acceptors (Lipinski definition) is 2. The van der Waals surface area contributed by atoms with Gasteiger partial charge in [-0.05, 0) is 19.1 Å². The van der Waals surface area contributed by atoms with Crippen LogP contribution >= 0.6 is 11.8 Å². The minimum absolute atomic E-state index is 0.210. The lowest BCUT2D eigenvalue weighted by atomic mass is 10.3. The highest BCUT2D eigenvalue weighted by molar-refractivity contribution is 7.99. The van der Waals surface area contributed by atoms with E-state index < -0.39 is 5.97 Å². The van der Waals surface area contributed by atoms with Crippen molar-refractivity contribution in [2.45, 2.75) is 31.9 Å². The fourth-order valence-electron chi connectivity index (χ4n) is 0.739. The summed E-state index contributed by atoms with van der Waals surface area (Å²) in [5, 5.41) is 8.67. The van der Waals surface area contributed by atoms with Gasteiger partial charge in [-0.2, -0.15) is 11.8 Å². The van der Waals surface area contributed by atoms with Gasteiger partial charge in [-0.15, -0.1) is 6.58 Å². The molecule has 0 rings (SSSR count). The van der Waals surface area contributed by atoms with E-state index in [0.29, 0.717) is 0 Å². The Morgan fingerprint density at radius 2 is 2.25 bits per heavy atom. The molecule has 0 heterocycles. The second kappa shape index (κ2) is 6.12. The number of thioether (sulfide) groups is 1. The average molecular weight is 188 g/mol. The highest BCUT2D eigenvalue weighted by Crippen LogP contribution is 2.16. The van der Waals surface area contributed by atoms with Crippen molar-refractivity contribution in [3.05, 3.63) is 12.2 Å². The second-order valence-electron chi connectivity index (χ2n) is 2.99. The second-order valence-corrected chi connectivity index (χ2v) is 4.53. The molecule has 0 saturated heterocycles. The van der Waals surface area contributed by atoms with Crippen LogP contribution < -0.4 is 0 Å². The lowest BCUT2D eigenvalue weighted by molar-refractivity contribution is -0.136. The smallest absolute Gasteiger partial charge is 0.304 e. The third-order valence-electron chi connectivity index (χ3n) is 1.39. The summed E-state index contributed by atoms with van der Waals surface area (Å²) in [6.07, 6.45) is 1.23. The Labute approximate surface area is 78.0 Å². The third-order valence-corrected chi connectivity index (χ3v) is 2.57. The summed E-state index contributed by atoms with van der Waals surface area (Å²) in [5.41, 5.74) is 1.16. The van der Waals surface area contributed by atoms with Gasteiger partial charge in [0.2, 0.25) is 0 Å². The van der Waals surface area contributed by atoms with Gasteiger partial charge in [0.1, 0.15) is 0 Å². The van der Waals surface area contributed by atoms with Gasteiger partial charge in [-0.25, -0.2) is 0 Å². The van der Waals surface area contributed by atoms with Gasteiger partial charge in [-0.1, -0.05) is 12.5 Å². The van der Waals surface area contributed by atoms with Gasteiger partial charge in [-0.3, -0.25) is 4.79 Å². The SMILES string of the molecule is C=C(C)CCSC(C)CC(=O)O. The summed E-state index contributed by atoms with van der Waals surface area (Å²) < 4.78 is 0. The molecule has 2 nitrogen and oxygen atoms in total. The first-order chi connectivity index (χ1) is 5.52. The van der Waals surface area contributed by atoms with Crippen LogP contribution in [0.3, 0.4) is 0 Å². The molecule has 12 heavy (non-hydrogen) atoms. The lowest BCUT2D eigenvalue weighted by Gasteiger charge is -2.07. The quantitative estimate of drug-likeness (QED) is 0.651. The van der Waals surface area contributed by atoms with Crippen LogP contribution in [0.2, 0.25) is 0 Å². The highest BCUT2D eigenvalue weighted by Gasteiger charge is 2.06. The zero-order chi connectivity index (χ0) is 9.56. The summed E-state index contributed by atoms with van der Waals surface area (Å²) in [4.78, 5) is 10.3. The molecule has 0 aromatic heterocycles. The topological polar surface area (TPSA) is 37.3 Å². The minimum Gasteiger partial charge on any atom is -0.481 e. The number of carbonyl (C=O) groups is 1. The summed E-state index contributed by atoms with van der Waals surface area (Å²) in [7, 11) is 0. The summed E-state index contributed by atoms with van der Waals surface area (Å²) in [6, 6.07) is 0. The Balaban J connectivity index is 3.37. The number of hydrogen-bond donors (Lipinski definition) is 1. The van der Waals surface area contributed by atoms with E-state index in [1.807, 2.05) is 13.8 Å². The van der Waals surface area contributed by atoms with Gasteiger partial charge in [0.15, 0.2) is 0 Å². The van der Waals surface area contributed by atoms with Crippen molar-refractivity contribution < 1.29 is 9.90 Å². The maximum absolute atomic E-state index is 10.3. The Morgan fingerprint density at radius 3 is 2.67 bits per heavy atom. The largest absolute Gasteiger partial charge is 0.481 e. The van der Waals surface area contributed by atoms with Crippen LogP contribution in [-0.2, 0) is 4.79 Å². The van der Waals surface area contributed by atoms with Crippen LogP contribution in [0.5, 0.6) is 0 Å². The van der Waals surface area contributed by atoms with Gasteiger partial charge < -0.3 is 5.11 Å². The number of carboxylic acids is 1. The van der Waals surface area contributed by atoms with Crippen molar-refractivity contribution in [3.63, 3.8) is 0 Å². The van der Waals surface area contributed by atoms with E-state index in [4.69, 9.17) is 5.11 Å². The minimum atomic E-state index is -0.717. The van der Waals surface area contributed by atoms with Crippen LogP contribution in [0.4, 0.5) is 0 Å². The van der Waals surface area contributed by atoms with Crippen molar-refractivity contribution in [1.82, 2.24) is 0 Å². The normalized spacial score (nSPS) is 12.5. The van der Waals surface area contributed by atoms with Gasteiger partial charge >= 0.3 is 5.97 Å². The number of allylic oxidation sites excluding steroid dienone is 1. The van der Waals surface area contributed by atoms with E-state index in [1.54, 1.807) is 11.8 Å². The lowest BCUT2D eigenvalue weighted by Crippen LogP contribution is -2.06. The fourth-order valence-corrected chi connectivity index (χ4v) is 1.87. The molecule has 0 spiro atoms. The molecule has 0 aromatic carbocycles. The van der Waals surface area contributed by atoms with E-state index in [-0.39, 0.29) is 11.7 Å². The Morgan fingerprint density at radius 1 is 1.67 bits per heavy atom. The Bertz CT molecular complexity index is 166. The molecule has 0 amide bonds. The molecular weight excluding hydrogens is 172 g/mol. The highest BCUT2D eigenvalue weighted by atomic mass is 32.2. The van der Waals surface area contributed by atoms with E-state index in [2.05, 4.69) is 6.58 Å². The van der Waals surface area contributed by atoms with Crippen molar-refractivity contribution >= 4 is 17.7 Å². The average Bonchev–Trinajstić information content (AvgIpc) is 1.84. The molecule has 1 N–H and O–H groups in total. The number of rotatable bonds is 6. The van der Waals surface area contributed by atoms with E-state index in [9.17, 15) is 4.79 Å². The van der Waals surface area contributed by atoms with Gasteiger partial charge in [0.05, 0.1) is 6.42 Å². The van der Waals surface area contributed by atoms with Gasteiger partial charge in [0.25, 0.3) is 0 Å². The van der Waals surface area contributed by atoms with E-state index >= 15 is 0 Å². The zero-order valence-corrected chi connectivity index (χ0v) is 8.49. The van der Waals surface area contributed by atoms with Crippen LogP contribution in [-0.4, -0.2) is 22.1 Å². The van der Waals surface area contributed by atoms with Crippen molar-refractivity contribution in [2.75, 3.05) is 5.75 Å². The van der Waals surface area contributed by atoms with E-state index in [0.717, 1.165) is 17.7 Å². The zero-order valence-electron chi connectivity index (χ0n) is 7.67. The van der Waals surface area contributed by atoms with Gasteiger partial charge in [0, 0.05) is 5.25 Å². The summed E-state index contributed by atoms with van der Waals surface area (Å²) in [5.74, 6) is 0.259. The summed E-state index contributed by atoms with van der Waals surface area (Å²) in [6.45, 7) is 7.71.